The molecule has 0 unspecified atom stereocenters. The van der Waals surface area contributed by atoms with Gasteiger partial charge in [0.25, 0.3) is 5.56 Å². The SMILES string of the molecule is COc1ccccc1CN1CCc2nc(N3CCC[C@H](C)C3)[nH]c(=O)c2C1. The van der Waals surface area contributed by atoms with E-state index >= 15 is 0 Å². The number of rotatable bonds is 4. The molecule has 1 atom stereocenters. The van der Waals surface area contributed by atoms with Gasteiger partial charge in [-0.2, -0.15) is 0 Å². The molecule has 0 aliphatic carbocycles. The summed E-state index contributed by atoms with van der Waals surface area (Å²) in [7, 11) is 1.70. The molecule has 1 aromatic carbocycles. The van der Waals surface area contributed by atoms with E-state index in [1.54, 1.807) is 7.11 Å². The van der Waals surface area contributed by atoms with Crippen LogP contribution in [0.2, 0.25) is 0 Å². The van der Waals surface area contributed by atoms with E-state index in [-0.39, 0.29) is 5.56 Å². The number of aromatic nitrogens is 2. The fraction of sp³-hybridized carbons (Fsp3) is 0.524. The Bertz CT molecular complexity index is 864. The summed E-state index contributed by atoms with van der Waals surface area (Å²) in [6.45, 7) is 6.52. The first-order valence-corrected chi connectivity index (χ1v) is 9.85. The molecule has 1 aromatic heterocycles. The number of anilines is 1. The first kappa shape index (κ1) is 18.0. The van der Waals surface area contributed by atoms with Crippen molar-refractivity contribution in [3.05, 3.63) is 51.4 Å². The molecule has 1 saturated heterocycles. The van der Waals surface area contributed by atoms with Gasteiger partial charge >= 0.3 is 0 Å². The van der Waals surface area contributed by atoms with Crippen molar-refractivity contribution in [1.29, 1.82) is 0 Å². The third-order valence-electron chi connectivity index (χ3n) is 5.68. The van der Waals surface area contributed by atoms with Gasteiger partial charge in [0.2, 0.25) is 5.95 Å². The molecule has 2 aliphatic heterocycles. The summed E-state index contributed by atoms with van der Waals surface area (Å²) in [4.78, 5) is 25.1. The second-order valence-electron chi connectivity index (χ2n) is 7.78. The number of nitrogens with zero attached hydrogens (tertiary/aromatic N) is 3. The van der Waals surface area contributed by atoms with E-state index in [9.17, 15) is 4.79 Å². The summed E-state index contributed by atoms with van der Waals surface area (Å²) >= 11 is 0. The van der Waals surface area contributed by atoms with Gasteiger partial charge in [0.05, 0.1) is 18.4 Å². The minimum Gasteiger partial charge on any atom is -0.496 e. The van der Waals surface area contributed by atoms with Crippen LogP contribution < -0.4 is 15.2 Å². The van der Waals surface area contributed by atoms with Crippen molar-refractivity contribution in [2.24, 2.45) is 5.92 Å². The maximum atomic E-state index is 12.8. The summed E-state index contributed by atoms with van der Waals surface area (Å²) in [5.74, 6) is 2.30. The summed E-state index contributed by atoms with van der Waals surface area (Å²) < 4.78 is 5.46. The van der Waals surface area contributed by atoms with Crippen LogP contribution in [0, 0.1) is 5.92 Å². The molecule has 0 amide bonds. The number of hydrogen-bond donors (Lipinski definition) is 1. The highest BCUT2D eigenvalue weighted by molar-refractivity contribution is 5.36. The highest BCUT2D eigenvalue weighted by Gasteiger charge is 2.24. The second-order valence-corrected chi connectivity index (χ2v) is 7.78. The van der Waals surface area contributed by atoms with Crippen molar-refractivity contribution in [3.63, 3.8) is 0 Å². The lowest BCUT2D eigenvalue weighted by atomic mass is 10.0. The van der Waals surface area contributed by atoms with Gasteiger partial charge in [-0.05, 0) is 24.8 Å². The van der Waals surface area contributed by atoms with Gasteiger partial charge in [-0.1, -0.05) is 25.1 Å². The Balaban J connectivity index is 1.52. The fourth-order valence-electron chi connectivity index (χ4n) is 4.21. The molecule has 0 saturated carbocycles. The van der Waals surface area contributed by atoms with E-state index in [0.29, 0.717) is 12.5 Å². The molecule has 0 spiro atoms. The highest BCUT2D eigenvalue weighted by atomic mass is 16.5. The number of hydrogen-bond acceptors (Lipinski definition) is 5. The molecule has 1 N–H and O–H groups in total. The molecule has 6 heteroatoms. The van der Waals surface area contributed by atoms with Crippen LogP contribution in [-0.2, 0) is 19.5 Å². The zero-order chi connectivity index (χ0) is 18.8. The Morgan fingerprint density at radius 2 is 2.15 bits per heavy atom. The van der Waals surface area contributed by atoms with Gasteiger partial charge in [-0.15, -0.1) is 0 Å². The van der Waals surface area contributed by atoms with Crippen LogP contribution in [0.25, 0.3) is 0 Å². The molecule has 27 heavy (non-hydrogen) atoms. The maximum Gasteiger partial charge on any atom is 0.257 e. The van der Waals surface area contributed by atoms with E-state index in [2.05, 4.69) is 27.8 Å². The predicted molar refractivity (Wildman–Crippen MR) is 106 cm³/mol. The summed E-state index contributed by atoms with van der Waals surface area (Å²) in [6.07, 6.45) is 3.23. The number of nitrogens with one attached hydrogen (secondary N) is 1. The summed E-state index contributed by atoms with van der Waals surface area (Å²) in [5, 5.41) is 0. The average Bonchev–Trinajstić information content (AvgIpc) is 2.69. The topological polar surface area (TPSA) is 61.5 Å². The smallest absolute Gasteiger partial charge is 0.257 e. The zero-order valence-electron chi connectivity index (χ0n) is 16.2. The lowest BCUT2D eigenvalue weighted by molar-refractivity contribution is 0.238. The Hall–Kier alpha value is -2.34. The fourth-order valence-corrected chi connectivity index (χ4v) is 4.21. The second kappa shape index (κ2) is 7.72. The first-order chi connectivity index (χ1) is 13.1. The number of ether oxygens (including phenoxy) is 1. The van der Waals surface area contributed by atoms with Crippen molar-refractivity contribution in [2.45, 2.75) is 39.3 Å². The van der Waals surface area contributed by atoms with Gasteiger partial charge in [0.1, 0.15) is 5.75 Å². The molecule has 3 heterocycles. The molecular formula is C21H28N4O2. The average molecular weight is 368 g/mol. The minimum atomic E-state index is 0.0120. The van der Waals surface area contributed by atoms with Gasteiger partial charge in [-0.25, -0.2) is 4.98 Å². The molecular weight excluding hydrogens is 340 g/mol. The van der Waals surface area contributed by atoms with Crippen molar-refractivity contribution < 1.29 is 4.74 Å². The number of piperidine rings is 1. The number of para-hydroxylation sites is 1. The standard InChI is InChI=1S/C21H28N4O2/c1-15-6-5-10-25(12-15)21-22-18-9-11-24(14-17(18)20(26)23-21)13-16-7-3-4-8-19(16)27-2/h3-4,7-8,15H,5-6,9-14H2,1-2H3,(H,22,23,26)/t15-/m0/s1. The molecule has 4 rings (SSSR count). The zero-order valence-corrected chi connectivity index (χ0v) is 16.2. The molecule has 2 aromatic rings. The van der Waals surface area contributed by atoms with Crippen LogP contribution in [0.5, 0.6) is 5.75 Å². The number of benzene rings is 1. The van der Waals surface area contributed by atoms with Crippen molar-refractivity contribution in [3.8, 4) is 5.75 Å². The van der Waals surface area contributed by atoms with Gasteiger partial charge in [-0.3, -0.25) is 14.7 Å². The van der Waals surface area contributed by atoms with Crippen LogP contribution >= 0.6 is 0 Å². The highest BCUT2D eigenvalue weighted by Crippen LogP contribution is 2.24. The van der Waals surface area contributed by atoms with Crippen LogP contribution in [0.4, 0.5) is 5.95 Å². The molecule has 0 radical (unpaired) electrons. The normalized spacial score (nSPS) is 20.4. The van der Waals surface area contributed by atoms with Crippen LogP contribution in [-0.4, -0.2) is 41.6 Å². The Morgan fingerprint density at radius 1 is 1.30 bits per heavy atom. The molecule has 144 valence electrons. The van der Waals surface area contributed by atoms with Gasteiger partial charge in [0.15, 0.2) is 0 Å². The van der Waals surface area contributed by atoms with Crippen molar-refractivity contribution in [1.82, 2.24) is 14.9 Å². The molecule has 6 nitrogen and oxygen atoms in total. The summed E-state index contributed by atoms with van der Waals surface area (Å²) in [6, 6.07) is 8.06. The maximum absolute atomic E-state index is 12.8. The lowest BCUT2D eigenvalue weighted by Gasteiger charge is -2.33. The van der Waals surface area contributed by atoms with E-state index in [0.717, 1.165) is 67.5 Å². The number of H-pyrrole nitrogens is 1. The predicted octanol–water partition coefficient (Wildman–Crippen LogP) is 2.57. The van der Waals surface area contributed by atoms with E-state index in [1.165, 1.54) is 6.42 Å². The third-order valence-corrected chi connectivity index (χ3v) is 5.68. The van der Waals surface area contributed by atoms with Crippen LogP contribution in [0.1, 0.15) is 36.6 Å². The van der Waals surface area contributed by atoms with Crippen LogP contribution in [0.3, 0.4) is 0 Å². The van der Waals surface area contributed by atoms with Gasteiger partial charge in [0, 0.05) is 44.7 Å². The number of fused-ring (bicyclic) bond motifs is 1. The Kier molecular flexibility index (Phi) is 5.16. The van der Waals surface area contributed by atoms with Crippen molar-refractivity contribution >= 4 is 5.95 Å². The molecule has 1 fully saturated rings. The van der Waals surface area contributed by atoms with E-state index in [4.69, 9.17) is 9.72 Å². The quantitative estimate of drug-likeness (QED) is 0.899. The Morgan fingerprint density at radius 3 is 2.96 bits per heavy atom. The third kappa shape index (κ3) is 3.86. The Labute approximate surface area is 160 Å². The number of methoxy groups -OCH3 is 1. The number of aromatic amines is 1. The van der Waals surface area contributed by atoms with Crippen molar-refractivity contribution in [2.75, 3.05) is 31.6 Å². The first-order valence-electron chi connectivity index (χ1n) is 9.85. The van der Waals surface area contributed by atoms with E-state index < -0.39 is 0 Å². The molecule has 2 aliphatic rings. The van der Waals surface area contributed by atoms with Gasteiger partial charge < -0.3 is 9.64 Å². The monoisotopic (exact) mass is 368 g/mol. The van der Waals surface area contributed by atoms with E-state index in [1.807, 2.05) is 18.2 Å². The largest absolute Gasteiger partial charge is 0.496 e. The molecule has 0 bridgehead atoms. The van der Waals surface area contributed by atoms with Crippen LogP contribution in [0.15, 0.2) is 29.1 Å². The lowest BCUT2D eigenvalue weighted by Crippen LogP contribution is -2.39. The minimum absolute atomic E-state index is 0.0120. The summed E-state index contributed by atoms with van der Waals surface area (Å²) in [5.41, 5.74) is 2.93.